The van der Waals surface area contributed by atoms with Crippen molar-refractivity contribution in [2.75, 3.05) is 5.32 Å². The summed E-state index contributed by atoms with van der Waals surface area (Å²) in [5.74, 6) is -0.323. The summed E-state index contributed by atoms with van der Waals surface area (Å²) in [7, 11) is 0. The highest BCUT2D eigenvalue weighted by Crippen LogP contribution is 2.30. The Morgan fingerprint density at radius 3 is 2.94 bits per heavy atom. The van der Waals surface area contributed by atoms with E-state index in [0.29, 0.717) is 0 Å². The highest BCUT2D eigenvalue weighted by molar-refractivity contribution is 9.10. The Hall–Kier alpha value is -1.14. The molecule has 0 aliphatic carbocycles. The summed E-state index contributed by atoms with van der Waals surface area (Å²) in [4.78, 5) is 15.5. The second-order valence-corrected chi connectivity index (χ2v) is 6.73. The van der Waals surface area contributed by atoms with Gasteiger partial charge >= 0.3 is 0 Å². The molecule has 0 aliphatic rings. The Bertz CT molecular complexity index is 594. The predicted octanol–water partition coefficient (Wildman–Crippen LogP) is 3.12. The molecule has 0 radical (unpaired) electrons. The number of primary amides is 1. The number of carbonyl (C=O) groups excluding carboxylic acids is 1. The maximum atomic E-state index is 11.0. The number of carbonyl (C=O) groups is 1. The lowest BCUT2D eigenvalue weighted by molar-refractivity contribution is -0.118. The fourth-order valence-corrected chi connectivity index (χ4v) is 3.32. The molecule has 6 heteroatoms. The first-order valence-corrected chi connectivity index (χ1v) is 7.09. The highest BCUT2D eigenvalue weighted by atomic mass is 79.9. The first-order valence-electron chi connectivity index (χ1n) is 5.48. The standard InChI is InChI=1S/C12H14BrN3OS/c1-12(2,6-10(14)17)16-11-15-8-4-3-7(13)5-9(8)18-11/h3-5H,6H2,1-2H3,(H2,14,17)(H,15,16). The van der Waals surface area contributed by atoms with Crippen LogP contribution in [0.15, 0.2) is 22.7 Å². The van der Waals surface area contributed by atoms with Gasteiger partial charge in [-0.05, 0) is 32.0 Å². The Balaban J connectivity index is 2.24. The molecule has 1 heterocycles. The Kier molecular flexibility index (Phi) is 3.59. The monoisotopic (exact) mass is 327 g/mol. The second-order valence-electron chi connectivity index (χ2n) is 4.78. The van der Waals surface area contributed by atoms with Crippen molar-refractivity contribution in [3.63, 3.8) is 0 Å². The van der Waals surface area contributed by atoms with Crippen molar-refractivity contribution in [1.82, 2.24) is 4.98 Å². The minimum absolute atomic E-state index is 0.270. The van der Waals surface area contributed by atoms with E-state index in [1.807, 2.05) is 32.0 Å². The predicted molar refractivity (Wildman–Crippen MR) is 78.8 cm³/mol. The molecule has 0 spiro atoms. The van der Waals surface area contributed by atoms with Gasteiger partial charge in [-0.15, -0.1) is 0 Å². The third kappa shape index (κ3) is 3.20. The van der Waals surface area contributed by atoms with Gasteiger partial charge in [0.1, 0.15) is 0 Å². The molecule has 3 N–H and O–H groups in total. The summed E-state index contributed by atoms with van der Waals surface area (Å²) in [5.41, 5.74) is 5.78. The Morgan fingerprint density at radius 2 is 2.28 bits per heavy atom. The smallest absolute Gasteiger partial charge is 0.219 e. The van der Waals surface area contributed by atoms with Crippen LogP contribution in [-0.4, -0.2) is 16.4 Å². The molecule has 0 atom stereocenters. The number of nitrogens with two attached hydrogens (primary N) is 1. The first-order chi connectivity index (χ1) is 8.35. The molecule has 1 aromatic carbocycles. The van der Waals surface area contributed by atoms with Crippen LogP contribution in [0.25, 0.3) is 10.2 Å². The molecule has 2 rings (SSSR count). The van der Waals surface area contributed by atoms with E-state index in [0.717, 1.165) is 19.8 Å². The van der Waals surface area contributed by atoms with Crippen LogP contribution in [0.5, 0.6) is 0 Å². The van der Waals surface area contributed by atoms with Crippen molar-refractivity contribution in [3.8, 4) is 0 Å². The summed E-state index contributed by atoms with van der Waals surface area (Å²) in [5, 5.41) is 4.05. The molecule has 0 unspecified atom stereocenters. The van der Waals surface area contributed by atoms with Gasteiger partial charge in [-0.1, -0.05) is 27.3 Å². The molecule has 0 bridgehead atoms. The number of aromatic nitrogens is 1. The van der Waals surface area contributed by atoms with Crippen molar-refractivity contribution >= 4 is 48.5 Å². The molecular weight excluding hydrogens is 314 g/mol. The number of nitrogens with zero attached hydrogens (tertiary/aromatic N) is 1. The zero-order valence-electron chi connectivity index (χ0n) is 10.2. The number of benzene rings is 1. The fraction of sp³-hybridized carbons (Fsp3) is 0.333. The van der Waals surface area contributed by atoms with E-state index >= 15 is 0 Å². The molecule has 96 valence electrons. The number of hydrogen-bond donors (Lipinski definition) is 2. The molecule has 2 aromatic rings. The normalized spacial score (nSPS) is 11.7. The number of thiazole rings is 1. The van der Waals surface area contributed by atoms with E-state index in [1.54, 1.807) is 11.3 Å². The van der Waals surface area contributed by atoms with Crippen LogP contribution >= 0.6 is 27.3 Å². The first kappa shape index (κ1) is 13.3. The third-order valence-electron chi connectivity index (χ3n) is 2.41. The number of fused-ring (bicyclic) bond motifs is 1. The molecule has 18 heavy (non-hydrogen) atoms. The average molecular weight is 328 g/mol. The van der Waals surface area contributed by atoms with E-state index in [4.69, 9.17) is 5.73 Å². The third-order valence-corrected chi connectivity index (χ3v) is 3.84. The van der Waals surface area contributed by atoms with E-state index in [2.05, 4.69) is 26.2 Å². The van der Waals surface area contributed by atoms with Gasteiger partial charge in [0, 0.05) is 16.4 Å². The topological polar surface area (TPSA) is 68.0 Å². The lowest BCUT2D eigenvalue weighted by Crippen LogP contribution is -2.35. The lowest BCUT2D eigenvalue weighted by atomic mass is 10.0. The van der Waals surface area contributed by atoms with Gasteiger partial charge in [0.05, 0.1) is 10.2 Å². The van der Waals surface area contributed by atoms with Gasteiger partial charge in [0.25, 0.3) is 0 Å². The number of nitrogens with one attached hydrogen (secondary N) is 1. The van der Waals surface area contributed by atoms with Crippen LogP contribution in [0.4, 0.5) is 5.13 Å². The van der Waals surface area contributed by atoms with E-state index in [1.165, 1.54) is 0 Å². The average Bonchev–Trinajstić information content (AvgIpc) is 2.55. The number of anilines is 1. The molecule has 1 amide bonds. The molecule has 0 saturated carbocycles. The summed E-state index contributed by atoms with van der Waals surface area (Å²) >= 11 is 4.99. The van der Waals surface area contributed by atoms with Gasteiger partial charge in [-0.2, -0.15) is 0 Å². The van der Waals surface area contributed by atoms with Crippen molar-refractivity contribution in [2.24, 2.45) is 5.73 Å². The summed E-state index contributed by atoms with van der Waals surface area (Å²) in [6, 6.07) is 5.95. The summed E-state index contributed by atoms with van der Waals surface area (Å²) in [6.07, 6.45) is 0.270. The van der Waals surface area contributed by atoms with Crippen LogP contribution in [0, 0.1) is 0 Å². The quantitative estimate of drug-likeness (QED) is 0.906. The Labute approximate surface area is 118 Å². The van der Waals surface area contributed by atoms with Crippen LogP contribution < -0.4 is 11.1 Å². The minimum atomic E-state index is -0.392. The minimum Gasteiger partial charge on any atom is -0.370 e. The van der Waals surface area contributed by atoms with Gasteiger partial charge in [-0.3, -0.25) is 4.79 Å². The number of halogens is 1. The number of rotatable bonds is 4. The van der Waals surface area contributed by atoms with E-state index in [-0.39, 0.29) is 12.3 Å². The van der Waals surface area contributed by atoms with Crippen LogP contribution in [0.3, 0.4) is 0 Å². The highest BCUT2D eigenvalue weighted by Gasteiger charge is 2.21. The second kappa shape index (κ2) is 4.85. The van der Waals surface area contributed by atoms with Gasteiger partial charge in [0.2, 0.25) is 5.91 Å². The van der Waals surface area contributed by atoms with Crippen molar-refractivity contribution in [2.45, 2.75) is 25.8 Å². The summed E-state index contributed by atoms with van der Waals surface area (Å²) < 4.78 is 2.13. The fourth-order valence-electron chi connectivity index (χ4n) is 1.72. The van der Waals surface area contributed by atoms with Crippen molar-refractivity contribution < 1.29 is 4.79 Å². The number of amides is 1. The van der Waals surface area contributed by atoms with Gasteiger partial charge in [-0.25, -0.2) is 4.98 Å². The largest absolute Gasteiger partial charge is 0.370 e. The van der Waals surface area contributed by atoms with Crippen LogP contribution in [-0.2, 0) is 4.79 Å². The molecular formula is C12H14BrN3OS. The molecule has 0 saturated heterocycles. The van der Waals surface area contributed by atoms with Crippen LogP contribution in [0.1, 0.15) is 20.3 Å². The van der Waals surface area contributed by atoms with Gasteiger partial charge < -0.3 is 11.1 Å². The molecule has 0 aliphatic heterocycles. The zero-order chi connectivity index (χ0) is 13.3. The molecule has 0 fully saturated rings. The number of hydrogen-bond acceptors (Lipinski definition) is 4. The maximum absolute atomic E-state index is 11.0. The van der Waals surface area contributed by atoms with Crippen LogP contribution in [0.2, 0.25) is 0 Å². The Morgan fingerprint density at radius 1 is 1.56 bits per heavy atom. The molecule has 4 nitrogen and oxygen atoms in total. The lowest BCUT2D eigenvalue weighted by Gasteiger charge is -2.24. The summed E-state index contributed by atoms with van der Waals surface area (Å²) in [6.45, 7) is 3.86. The van der Waals surface area contributed by atoms with Crippen molar-refractivity contribution in [1.29, 1.82) is 0 Å². The maximum Gasteiger partial charge on any atom is 0.219 e. The molecule has 1 aromatic heterocycles. The van der Waals surface area contributed by atoms with E-state index in [9.17, 15) is 4.79 Å². The SMILES string of the molecule is CC(C)(CC(N)=O)Nc1nc2ccc(Br)cc2s1. The van der Waals surface area contributed by atoms with Crippen molar-refractivity contribution in [3.05, 3.63) is 22.7 Å². The zero-order valence-corrected chi connectivity index (χ0v) is 12.6. The van der Waals surface area contributed by atoms with Gasteiger partial charge in [0.15, 0.2) is 5.13 Å². The van der Waals surface area contributed by atoms with E-state index < -0.39 is 5.54 Å².